The first kappa shape index (κ1) is 20.0. The fraction of sp³-hybridized carbons (Fsp3) is 0.316. The maximum absolute atomic E-state index is 12.6. The summed E-state index contributed by atoms with van der Waals surface area (Å²) in [5.74, 6) is -1.03. The topological polar surface area (TPSA) is 96.9 Å². The lowest BCUT2D eigenvalue weighted by Crippen LogP contribution is -2.51. The Bertz CT molecular complexity index is 911. The van der Waals surface area contributed by atoms with Gasteiger partial charge >= 0.3 is 5.97 Å². The molecule has 0 unspecified atom stereocenters. The molecule has 0 radical (unpaired) electrons. The molecule has 0 saturated carbocycles. The molecule has 1 fully saturated rings. The number of piperazine rings is 1. The Hall–Kier alpha value is -2.78. The number of amides is 1. The molecule has 3 rings (SSSR count). The normalized spacial score (nSPS) is 15.2. The minimum absolute atomic E-state index is 0.0650. The van der Waals surface area contributed by atoms with E-state index in [2.05, 4.69) is 4.98 Å². The molecule has 1 aromatic heterocycles. The number of nitrogens with zero attached hydrogens (tertiary/aromatic N) is 3. The van der Waals surface area contributed by atoms with Crippen LogP contribution in [0.25, 0.3) is 0 Å². The second-order valence-electron chi connectivity index (χ2n) is 6.34. The number of rotatable bonds is 6. The summed E-state index contributed by atoms with van der Waals surface area (Å²) in [5, 5.41) is 0. The van der Waals surface area contributed by atoms with Crippen LogP contribution >= 0.6 is 0 Å². The van der Waals surface area contributed by atoms with Gasteiger partial charge < -0.3 is 9.64 Å². The van der Waals surface area contributed by atoms with Crippen molar-refractivity contribution in [1.29, 1.82) is 0 Å². The van der Waals surface area contributed by atoms with E-state index >= 15 is 0 Å². The lowest BCUT2D eigenvalue weighted by Gasteiger charge is -2.33. The van der Waals surface area contributed by atoms with Crippen molar-refractivity contribution in [2.75, 3.05) is 32.8 Å². The molecule has 1 amide bonds. The van der Waals surface area contributed by atoms with E-state index in [9.17, 15) is 18.0 Å². The fourth-order valence-electron chi connectivity index (χ4n) is 2.88. The van der Waals surface area contributed by atoms with Crippen LogP contribution in [-0.4, -0.2) is 67.3 Å². The maximum atomic E-state index is 12.6. The van der Waals surface area contributed by atoms with E-state index in [1.807, 2.05) is 6.07 Å². The summed E-state index contributed by atoms with van der Waals surface area (Å²) in [6.07, 6.45) is 2.90. The van der Waals surface area contributed by atoms with Gasteiger partial charge in [0.25, 0.3) is 5.91 Å². The van der Waals surface area contributed by atoms with Crippen molar-refractivity contribution >= 4 is 21.9 Å². The zero-order chi connectivity index (χ0) is 20.0. The molecule has 2 aromatic rings. The highest BCUT2D eigenvalue weighted by molar-refractivity contribution is 7.88. The highest BCUT2D eigenvalue weighted by atomic mass is 32.2. The SMILES string of the molecule is O=C(OCC(=O)N1CCN(S(=O)(=O)Cc2ccccc2)CC1)c1cccnc1. The molecule has 9 heteroatoms. The van der Waals surface area contributed by atoms with Crippen molar-refractivity contribution in [3.63, 3.8) is 0 Å². The number of esters is 1. The van der Waals surface area contributed by atoms with Crippen LogP contribution in [0, 0.1) is 0 Å². The zero-order valence-electron chi connectivity index (χ0n) is 15.2. The lowest BCUT2D eigenvalue weighted by atomic mass is 10.2. The highest BCUT2D eigenvalue weighted by Gasteiger charge is 2.29. The Morgan fingerprint density at radius 2 is 1.71 bits per heavy atom. The molecule has 1 aliphatic heterocycles. The molecule has 28 heavy (non-hydrogen) atoms. The number of sulfonamides is 1. The molecule has 0 N–H and O–H groups in total. The number of carbonyl (C=O) groups is 2. The number of pyridine rings is 1. The second kappa shape index (κ2) is 8.94. The summed E-state index contributed by atoms with van der Waals surface area (Å²) in [7, 11) is -3.44. The molecule has 0 spiro atoms. The molecule has 0 aliphatic carbocycles. The Labute approximate surface area is 163 Å². The molecule has 2 heterocycles. The van der Waals surface area contributed by atoms with Crippen LogP contribution < -0.4 is 0 Å². The maximum Gasteiger partial charge on any atom is 0.340 e. The third-order valence-electron chi connectivity index (χ3n) is 4.40. The number of hydrogen-bond acceptors (Lipinski definition) is 6. The largest absolute Gasteiger partial charge is 0.452 e. The first-order valence-electron chi connectivity index (χ1n) is 8.82. The summed E-state index contributed by atoms with van der Waals surface area (Å²) in [5.41, 5.74) is 0.996. The van der Waals surface area contributed by atoms with Crippen LogP contribution in [0.15, 0.2) is 54.9 Å². The van der Waals surface area contributed by atoms with E-state index in [1.165, 1.54) is 21.6 Å². The number of benzene rings is 1. The molecule has 0 bridgehead atoms. The summed E-state index contributed by atoms with van der Waals surface area (Å²) >= 11 is 0. The molecule has 1 saturated heterocycles. The predicted molar refractivity (Wildman–Crippen MR) is 102 cm³/mol. The second-order valence-corrected chi connectivity index (χ2v) is 8.31. The monoisotopic (exact) mass is 403 g/mol. The Morgan fingerprint density at radius 1 is 1.00 bits per heavy atom. The minimum atomic E-state index is -3.44. The molecule has 1 aliphatic rings. The van der Waals surface area contributed by atoms with Gasteiger partial charge in [-0.3, -0.25) is 9.78 Å². The number of aromatic nitrogens is 1. The minimum Gasteiger partial charge on any atom is -0.452 e. The summed E-state index contributed by atoms with van der Waals surface area (Å²) in [4.78, 5) is 29.4. The molecule has 148 valence electrons. The molecule has 8 nitrogen and oxygen atoms in total. The summed E-state index contributed by atoms with van der Waals surface area (Å²) < 4.78 is 31.5. The van der Waals surface area contributed by atoms with Crippen LogP contribution in [0.5, 0.6) is 0 Å². The van der Waals surface area contributed by atoms with Gasteiger partial charge in [-0.2, -0.15) is 4.31 Å². The molecule has 0 atom stereocenters. The fourth-order valence-corrected chi connectivity index (χ4v) is 4.39. The van der Waals surface area contributed by atoms with E-state index in [4.69, 9.17) is 4.74 Å². The standard InChI is InChI=1S/C19H21N3O5S/c23-18(14-27-19(24)17-7-4-8-20-13-17)21-9-11-22(12-10-21)28(25,26)15-16-5-2-1-3-6-16/h1-8,13H,9-12,14-15H2. The third-order valence-corrected chi connectivity index (χ3v) is 6.25. The van der Waals surface area contributed by atoms with Crippen LogP contribution in [0.3, 0.4) is 0 Å². The van der Waals surface area contributed by atoms with E-state index in [1.54, 1.807) is 36.4 Å². The predicted octanol–water partition coefficient (Wildman–Crippen LogP) is 0.913. The van der Waals surface area contributed by atoms with Crippen LogP contribution in [0.4, 0.5) is 0 Å². The number of ether oxygens (including phenoxy) is 1. The lowest BCUT2D eigenvalue weighted by molar-refractivity contribution is -0.135. The van der Waals surface area contributed by atoms with Gasteiger partial charge in [0.2, 0.25) is 10.0 Å². The quantitative estimate of drug-likeness (QED) is 0.665. The van der Waals surface area contributed by atoms with Gasteiger partial charge in [-0.25, -0.2) is 13.2 Å². The van der Waals surface area contributed by atoms with Crippen molar-refractivity contribution in [3.05, 3.63) is 66.0 Å². The molecular weight excluding hydrogens is 382 g/mol. The number of carbonyl (C=O) groups excluding carboxylic acids is 2. The van der Waals surface area contributed by atoms with Gasteiger partial charge in [-0.05, 0) is 17.7 Å². The van der Waals surface area contributed by atoms with Gasteiger partial charge in [-0.15, -0.1) is 0 Å². The van der Waals surface area contributed by atoms with E-state index in [0.717, 1.165) is 5.56 Å². The average molecular weight is 403 g/mol. The van der Waals surface area contributed by atoms with Crippen LogP contribution in [0.1, 0.15) is 15.9 Å². The van der Waals surface area contributed by atoms with E-state index in [-0.39, 0.29) is 50.0 Å². The Kier molecular flexibility index (Phi) is 6.37. The third kappa shape index (κ3) is 5.14. The summed E-state index contributed by atoms with van der Waals surface area (Å²) in [6, 6.07) is 12.1. The van der Waals surface area contributed by atoms with Crippen LogP contribution in [0.2, 0.25) is 0 Å². The first-order valence-corrected chi connectivity index (χ1v) is 10.4. The molecule has 1 aromatic carbocycles. The van der Waals surface area contributed by atoms with Gasteiger partial charge in [0.15, 0.2) is 6.61 Å². The Morgan fingerprint density at radius 3 is 2.36 bits per heavy atom. The van der Waals surface area contributed by atoms with E-state index in [0.29, 0.717) is 0 Å². The van der Waals surface area contributed by atoms with Crippen molar-refractivity contribution < 1.29 is 22.7 Å². The first-order chi connectivity index (χ1) is 13.5. The van der Waals surface area contributed by atoms with Crippen molar-refractivity contribution in [2.24, 2.45) is 0 Å². The van der Waals surface area contributed by atoms with Crippen molar-refractivity contribution in [2.45, 2.75) is 5.75 Å². The van der Waals surface area contributed by atoms with Gasteiger partial charge in [-0.1, -0.05) is 30.3 Å². The van der Waals surface area contributed by atoms with Crippen LogP contribution in [-0.2, 0) is 25.3 Å². The van der Waals surface area contributed by atoms with Gasteiger partial charge in [0.05, 0.1) is 11.3 Å². The Balaban J connectivity index is 1.48. The van der Waals surface area contributed by atoms with Gasteiger partial charge in [0, 0.05) is 38.6 Å². The van der Waals surface area contributed by atoms with E-state index < -0.39 is 16.0 Å². The molecular formula is C19H21N3O5S. The zero-order valence-corrected chi connectivity index (χ0v) is 16.0. The van der Waals surface area contributed by atoms with Gasteiger partial charge in [0.1, 0.15) is 0 Å². The van der Waals surface area contributed by atoms with Crippen molar-refractivity contribution in [3.8, 4) is 0 Å². The highest BCUT2D eigenvalue weighted by Crippen LogP contribution is 2.14. The summed E-state index contributed by atoms with van der Waals surface area (Å²) in [6.45, 7) is 0.577. The van der Waals surface area contributed by atoms with Crippen molar-refractivity contribution in [1.82, 2.24) is 14.2 Å². The number of hydrogen-bond donors (Lipinski definition) is 0. The average Bonchev–Trinajstić information content (AvgIpc) is 2.73. The smallest absolute Gasteiger partial charge is 0.340 e.